The highest BCUT2D eigenvalue weighted by Crippen LogP contribution is 2.42. The molecule has 3 amide bonds. The largest absolute Gasteiger partial charge is 0.456 e. The summed E-state index contributed by atoms with van der Waals surface area (Å²) >= 11 is 0. The molecule has 0 aromatic carbocycles. The first-order valence-electron chi connectivity index (χ1n) is 9.68. The molecule has 1 N–H and O–H groups in total. The molecule has 1 aromatic rings. The zero-order valence-electron chi connectivity index (χ0n) is 16.8. The fraction of sp³-hybridized carbons (Fsp3) is 0.600. The van der Waals surface area contributed by atoms with Crippen molar-refractivity contribution < 1.29 is 23.9 Å². The zero-order chi connectivity index (χ0) is 20.6. The topological polar surface area (TPSA) is 97.7 Å². The van der Waals surface area contributed by atoms with E-state index >= 15 is 0 Å². The van der Waals surface area contributed by atoms with Crippen molar-refractivity contribution in [3.63, 3.8) is 0 Å². The lowest BCUT2D eigenvalue weighted by molar-refractivity contribution is -0.146. The van der Waals surface area contributed by atoms with Gasteiger partial charge in [0.25, 0.3) is 5.91 Å². The average molecular weight is 389 g/mol. The van der Waals surface area contributed by atoms with Crippen molar-refractivity contribution in [1.29, 1.82) is 0 Å². The van der Waals surface area contributed by atoms with E-state index in [4.69, 9.17) is 4.74 Å². The predicted octanol–water partition coefficient (Wildman–Crippen LogP) is 1.96. The summed E-state index contributed by atoms with van der Waals surface area (Å²) in [7, 11) is 0. The first-order valence-corrected chi connectivity index (χ1v) is 9.68. The monoisotopic (exact) mass is 389 g/mol. The van der Waals surface area contributed by atoms with Gasteiger partial charge in [-0.05, 0) is 52.0 Å². The second-order valence-corrected chi connectivity index (χ2v) is 7.82. The normalized spacial score (nSPS) is 21.8. The Kier molecular flexibility index (Phi) is 5.32. The number of aryl methyl sites for hydroxylation is 1. The Morgan fingerprint density at radius 1 is 1.29 bits per heavy atom. The molecule has 3 rings (SSSR count). The Bertz CT molecular complexity index is 839. The van der Waals surface area contributed by atoms with Crippen molar-refractivity contribution in [2.45, 2.75) is 59.0 Å². The molecule has 2 fully saturated rings. The first-order chi connectivity index (χ1) is 13.2. The maximum atomic E-state index is 12.5. The van der Waals surface area contributed by atoms with E-state index in [0.717, 1.165) is 42.1 Å². The molecule has 2 aliphatic rings. The number of hydrogen-bond donors (Lipinski definition) is 1. The van der Waals surface area contributed by atoms with Gasteiger partial charge in [0.2, 0.25) is 5.78 Å². The van der Waals surface area contributed by atoms with Gasteiger partial charge in [0.1, 0.15) is 12.1 Å². The Hall–Kier alpha value is -2.64. The average Bonchev–Trinajstić information content (AvgIpc) is 3.43. The minimum atomic E-state index is -0.940. The van der Waals surface area contributed by atoms with Crippen LogP contribution >= 0.6 is 0 Å². The van der Waals surface area contributed by atoms with Crippen LogP contribution in [0.25, 0.3) is 0 Å². The second-order valence-electron chi connectivity index (χ2n) is 7.82. The summed E-state index contributed by atoms with van der Waals surface area (Å²) in [4.78, 5) is 50.1. The number of ketones is 1. The lowest BCUT2D eigenvalue weighted by Crippen LogP contribution is -2.46. The molecule has 1 aliphatic carbocycles. The van der Waals surface area contributed by atoms with Crippen LogP contribution in [0.15, 0.2) is 6.07 Å². The van der Waals surface area contributed by atoms with Crippen LogP contribution in [0.5, 0.6) is 0 Å². The van der Waals surface area contributed by atoms with E-state index in [0.29, 0.717) is 5.56 Å². The predicted molar refractivity (Wildman–Crippen MR) is 101 cm³/mol. The first kappa shape index (κ1) is 20.1. The van der Waals surface area contributed by atoms with Crippen LogP contribution in [-0.2, 0) is 20.9 Å². The van der Waals surface area contributed by atoms with Crippen molar-refractivity contribution in [2.75, 3.05) is 13.2 Å². The summed E-state index contributed by atoms with van der Waals surface area (Å²) < 4.78 is 7.11. The molecule has 0 radical (unpaired) electrons. The molecule has 1 atom stereocenters. The Balaban J connectivity index is 1.57. The Morgan fingerprint density at radius 3 is 2.57 bits per heavy atom. The van der Waals surface area contributed by atoms with Crippen LogP contribution in [-0.4, -0.2) is 51.8 Å². The molecule has 0 bridgehead atoms. The van der Waals surface area contributed by atoms with Crippen LogP contribution in [0.4, 0.5) is 4.79 Å². The van der Waals surface area contributed by atoms with Gasteiger partial charge in [-0.2, -0.15) is 0 Å². The number of nitrogens with zero attached hydrogens (tertiary/aromatic N) is 2. The zero-order valence-corrected chi connectivity index (χ0v) is 16.8. The third kappa shape index (κ3) is 3.55. The molecular weight excluding hydrogens is 362 g/mol. The minimum absolute atomic E-state index is 0.116. The third-order valence-electron chi connectivity index (χ3n) is 5.67. The smallest absolute Gasteiger partial charge is 0.326 e. The summed E-state index contributed by atoms with van der Waals surface area (Å²) in [6, 6.07) is 1.20. The lowest BCUT2D eigenvalue weighted by Gasteiger charge is -2.20. The van der Waals surface area contributed by atoms with Gasteiger partial charge in [-0.3, -0.25) is 19.3 Å². The van der Waals surface area contributed by atoms with E-state index in [1.165, 1.54) is 0 Å². The SMILES string of the molecule is CCCn1c(C)cc(C(=O)COC(=O)CN2C(=O)N[C@](C)(C3CC3)C2=O)c1C. The van der Waals surface area contributed by atoms with E-state index in [9.17, 15) is 19.2 Å². The Labute approximate surface area is 164 Å². The maximum Gasteiger partial charge on any atom is 0.326 e. The summed E-state index contributed by atoms with van der Waals surface area (Å²) in [5.74, 6) is -1.38. The third-order valence-corrected chi connectivity index (χ3v) is 5.67. The summed E-state index contributed by atoms with van der Waals surface area (Å²) in [6.07, 6.45) is 2.71. The number of carbonyl (C=O) groups is 4. The number of urea groups is 1. The van der Waals surface area contributed by atoms with E-state index in [2.05, 4.69) is 16.8 Å². The number of imide groups is 1. The fourth-order valence-electron chi connectivity index (χ4n) is 3.85. The molecule has 1 saturated carbocycles. The number of nitrogens with one attached hydrogen (secondary N) is 1. The highest BCUT2D eigenvalue weighted by molar-refractivity contribution is 6.09. The molecule has 2 heterocycles. The van der Waals surface area contributed by atoms with Crippen molar-refractivity contribution in [1.82, 2.24) is 14.8 Å². The molecule has 152 valence electrons. The molecule has 28 heavy (non-hydrogen) atoms. The van der Waals surface area contributed by atoms with Gasteiger partial charge >= 0.3 is 12.0 Å². The number of hydrogen-bond acceptors (Lipinski definition) is 5. The highest BCUT2D eigenvalue weighted by atomic mass is 16.5. The van der Waals surface area contributed by atoms with Crippen molar-refractivity contribution in [3.05, 3.63) is 23.0 Å². The van der Waals surface area contributed by atoms with Gasteiger partial charge in [-0.25, -0.2) is 4.79 Å². The van der Waals surface area contributed by atoms with Crippen LogP contribution in [0.1, 0.15) is 54.9 Å². The summed E-state index contributed by atoms with van der Waals surface area (Å²) in [6.45, 7) is 7.45. The van der Waals surface area contributed by atoms with Gasteiger partial charge in [0.05, 0.1) is 0 Å². The van der Waals surface area contributed by atoms with Crippen LogP contribution in [0.2, 0.25) is 0 Å². The molecule has 1 saturated heterocycles. The van der Waals surface area contributed by atoms with Gasteiger partial charge in [-0.15, -0.1) is 0 Å². The number of amides is 3. The van der Waals surface area contributed by atoms with Crippen molar-refractivity contribution in [2.24, 2.45) is 5.92 Å². The quantitative estimate of drug-likeness (QED) is 0.416. The minimum Gasteiger partial charge on any atom is -0.456 e. The molecule has 1 aromatic heterocycles. The van der Waals surface area contributed by atoms with Gasteiger partial charge in [0, 0.05) is 23.5 Å². The van der Waals surface area contributed by atoms with Crippen LogP contribution in [0.3, 0.4) is 0 Å². The number of ether oxygens (including phenoxy) is 1. The fourth-order valence-corrected chi connectivity index (χ4v) is 3.85. The molecule has 8 nitrogen and oxygen atoms in total. The number of carbonyl (C=O) groups excluding carboxylic acids is 4. The summed E-state index contributed by atoms with van der Waals surface area (Å²) in [5, 5.41) is 2.68. The van der Waals surface area contributed by atoms with Gasteiger partial charge in [0.15, 0.2) is 6.61 Å². The van der Waals surface area contributed by atoms with Crippen LogP contribution < -0.4 is 5.32 Å². The molecule has 0 spiro atoms. The van der Waals surface area contributed by atoms with Gasteiger partial charge < -0.3 is 14.6 Å². The van der Waals surface area contributed by atoms with E-state index < -0.39 is 36.6 Å². The Morgan fingerprint density at radius 2 is 1.96 bits per heavy atom. The standard InChI is InChI=1S/C20H27N3O5/c1-5-8-22-12(2)9-15(13(22)3)16(24)11-28-17(25)10-23-18(26)20(4,14-6-7-14)21-19(23)27/h9,14H,5-8,10-11H2,1-4H3,(H,21,27)/t20-/m1/s1. The number of esters is 1. The highest BCUT2D eigenvalue weighted by Gasteiger charge is 2.56. The molecule has 8 heteroatoms. The number of aromatic nitrogens is 1. The molecule has 1 aliphatic heterocycles. The van der Waals surface area contributed by atoms with E-state index in [-0.39, 0.29) is 11.7 Å². The lowest BCUT2D eigenvalue weighted by atomic mass is 9.96. The van der Waals surface area contributed by atoms with Gasteiger partial charge in [-0.1, -0.05) is 6.92 Å². The maximum absolute atomic E-state index is 12.5. The van der Waals surface area contributed by atoms with E-state index in [1.807, 2.05) is 13.8 Å². The molecular formula is C20H27N3O5. The second kappa shape index (κ2) is 7.41. The van der Waals surface area contributed by atoms with Crippen molar-refractivity contribution >= 4 is 23.7 Å². The number of Topliss-reactive ketones (excluding diaryl/α,β-unsaturated/α-hetero) is 1. The molecule has 0 unspecified atom stereocenters. The van der Waals surface area contributed by atoms with Crippen LogP contribution in [0, 0.1) is 19.8 Å². The summed E-state index contributed by atoms with van der Waals surface area (Å²) in [5.41, 5.74) is 1.40. The number of rotatable bonds is 8. The van der Waals surface area contributed by atoms with E-state index in [1.54, 1.807) is 13.0 Å². The van der Waals surface area contributed by atoms with Crippen molar-refractivity contribution in [3.8, 4) is 0 Å².